The van der Waals surface area contributed by atoms with E-state index >= 15 is 0 Å². The number of amides is 1. The van der Waals surface area contributed by atoms with Crippen molar-refractivity contribution in [2.24, 2.45) is 0 Å². The van der Waals surface area contributed by atoms with Crippen molar-refractivity contribution in [3.05, 3.63) is 71.9 Å². The zero-order valence-corrected chi connectivity index (χ0v) is 14.1. The average molecular weight is 346 g/mol. The van der Waals surface area contributed by atoms with Crippen LogP contribution >= 0.6 is 0 Å². The number of rotatable bonds is 6. The second-order valence-electron chi connectivity index (χ2n) is 5.83. The summed E-state index contributed by atoms with van der Waals surface area (Å²) in [5.74, 6) is -1.30. The summed E-state index contributed by atoms with van der Waals surface area (Å²) < 4.78 is 0. The Kier molecular flexibility index (Phi) is 5.39. The fourth-order valence-electron chi connectivity index (χ4n) is 2.52. The standard InChI is InChI=1S/C21H18N2O3/c24-20(12-13-21(25)26)23-18-6-3-4-15(14-18)8-10-17-11-9-16-5-1-2-7-19(16)22-17/h1-11,14H,12-13H2,(H,23,24)(H,25,26). The monoisotopic (exact) mass is 346 g/mol. The average Bonchev–Trinajstić information content (AvgIpc) is 2.65. The molecular weight excluding hydrogens is 328 g/mol. The number of para-hydroxylation sites is 1. The fraction of sp³-hybridized carbons (Fsp3) is 0.0952. The van der Waals surface area contributed by atoms with E-state index in [1.165, 1.54) is 0 Å². The normalized spacial score (nSPS) is 10.9. The summed E-state index contributed by atoms with van der Waals surface area (Å²) in [4.78, 5) is 26.8. The lowest BCUT2D eigenvalue weighted by Gasteiger charge is -2.05. The molecule has 0 saturated carbocycles. The molecule has 0 unspecified atom stereocenters. The van der Waals surface area contributed by atoms with Crippen LogP contribution in [0.5, 0.6) is 0 Å². The number of benzene rings is 2. The van der Waals surface area contributed by atoms with Gasteiger partial charge in [-0.05, 0) is 35.9 Å². The van der Waals surface area contributed by atoms with Gasteiger partial charge in [-0.2, -0.15) is 0 Å². The molecule has 0 spiro atoms. The minimum Gasteiger partial charge on any atom is -0.481 e. The van der Waals surface area contributed by atoms with E-state index in [-0.39, 0.29) is 18.7 Å². The highest BCUT2D eigenvalue weighted by atomic mass is 16.4. The maximum Gasteiger partial charge on any atom is 0.303 e. The molecule has 5 nitrogen and oxygen atoms in total. The first-order chi connectivity index (χ1) is 12.6. The van der Waals surface area contributed by atoms with Crippen LogP contribution in [-0.2, 0) is 9.59 Å². The maximum absolute atomic E-state index is 11.7. The van der Waals surface area contributed by atoms with Crippen LogP contribution < -0.4 is 5.32 Å². The molecule has 0 atom stereocenters. The van der Waals surface area contributed by atoms with Crippen LogP contribution in [0.3, 0.4) is 0 Å². The largest absolute Gasteiger partial charge is 0.481 e. The van der Waals surface area contributed by atoms with E-state index in [9.17, 15) is 9.59 Å². The van der Waals surface area contributed by atoms with Crippen molar-refractivity contribution in [2.75, 3.05) is 5.32 Å². The smallest absolute Gasteiger partial charge is 0.303 e. The first-order valence-electron chi connectivity index (χ1n) is 8.26. The summed E-state index contributed by atoms with van der Waals surface area (Å²) in [6.45, 7) is 0. The number of aromatic nitrogens is 1. The van der Waals surface area contributed by atoms with Crippen molar-refractivity contribution in [3.63, 3.8) is 0 Å². The van der Waals surface area contributed by atoms with Crippen LogP contribution in [0.2, 0.25) is 0 Å². The third-order valence-electron chi connectivity index (χ3n) is 3.80. The van der Waals surface area contributed by atoms with Crippen LogP contribution in [0, 0.1) is 0 Å². The van der Waals surface area contributed by atoms with Gasteiger partial charge >= 0.3 is 5.97 Å². The van der Waals surface area contributed by atoms with Gasteiger partial charge in [-0.1, -0.05) is 42.5 Å². The minimum absolute atomic E-state index is 0.0452. The predicted molar refractivity (Wildman–Crippen MR) is 103 cm³/mol. The number of nitrogens with one attached hydrogen (secondary N) is 1. The third-order valence-corrected chi connectivity index (χ3v) is 3.80. The summed E-state index contributed by atoms with van der Waals surface area (Å²) >= 11 is 0. The topological polar surface area (TPSA) is 79.3 Å². The first-order valence-corrected chi connectivity index (χ1v) is 8.26. The zero-order valence-electron chi connectivity index (χ0n) is 14.1. The Balaban J connectivity index is 1.70. The second-order valence-corrected chi connectivity index (χ2v) is 5.83. The lowest BCUT2D eigenvalue weighted by Crippen LogP contribution is -2.13. The number of anilines is 1. The summed E-state index contributed by atoms with van der Waals surface area (Å²) in [6, 6.07) is 19.3. The Labute approximate surface area is 151 Å². The molecule has 0 bridgehead atoms. The number of carboxylic acid groups (broad SMARTS) is 1. The number of fused-ring (bicyclic) bond motifs is 1. The predicted octanol–water partition coefficient (Wildman–Crippen LogP) is 4.21. The van der Waals surface area contributed by atoms with E-state index in [0.29, 0.717) is 5.69 Å². The van der Waals surface area contributed by atoms with Gasteiger partial charge < -0.3 is 10.4 Å². The molecule has 0 saturated heterocycles. The van der Waals surface area contributed by atoms with Crippen molar-refractivity contribution in [1.29, 1.82) is 0 Å². The van der Waals surface area contributed by atoms with Crippen LogP contribution in [0.4, 0.5) is 5.69 Å². The molecule has 5 heteroatoms. The zero-order chi connectivity index (χ0) is 18.4. The Bertz CT molecular complexity index is 980. The van der Waals surface area contributed by atoms with Crippen molar-refractivity contribution in [3.8, 4) is 0 Å². The van der Waals surface area contributed by atoms with Gasteiger partial charge in [0, 0.05) is 17.5 Å². The van der Waals surface area contributed by atoms with Gasteiger partial charge in [-0.25, -0.2) is 4.98 Å². The first kappa shape index (κ1) is 17.4. The number of aliphatic carboxylic acids is 1. The molecule has 3 aromatic rings. The molecule has 1 amide bonds. The molecule has 26 heavy (non-hydrogen) atoms. The SMILES string of the molecule is O=C(O)CCC(=O)Nc1cccc(C=Cc2ccc3ccccc3n2)c1. The number of carbonyl (C=O) groups excluding carboxylic acids is 1. The third kappa shape index (κ3) is 4.77. The molecule has 2 aromatic carbocycles. The number of hydrogen-bond donors (Lipinski definition) is 2. The van der Waals surface area contributed by atoms with Crippen LogP contribution in [0.15, 0.2) is 60.7 Å². The summed E-state index contributed by atoms with van der Waals surface area (Å²) in [5.41, 5.74) is 3.33. The second kappa shape index (κ2) is 8.07. The number of hydrogen-bond acceptors (Lipinski definition) is 3. The van der Waals surface area contributed by atoms with Gasteiger partial charge in [-0.15, -0.1) is 0 Å². The van der Waals surface area contributed by atoms with E-state index in [1.807, 2.05) is 66.7 Å². The molecule has 1 heterocycles. The van der Waals surface area contributed by atoms with Crippen molar-refractivity contribution >= 4 is 40.6 Å². The Hall–Kier alpha value is -3.47. The number of carbonyl (C=O) groups is 2. The molecule has 3 rings (SSSR count). The highest BCUT2D eigenvalue weighted by molar-refractivity contribution is 5.92. The van der Waals surface area contributed by atoms with Gasteiger partial charge in [0.15, 0.2) is 0 Å². The number of nitrogens with zero attached hydrogens (tertiary/aromatic N) is 1. The molecule has 2 N–H and O–H groups in total. The van der Waals surface area contributed by atoms with E-state index < -0.39 is 5.97 Å². The minimum atomic E-state index is -0.986. The summed E-state index contributed by atoms with van der Waals surface area (Å²) in [7, 11) is 0. The summed E-state index contributed by atoms with van der Waals surface area (Å²) in [6.07, 6.45) is 3.61. The molecule has 0 aliphatic carbocycles. The lowest BCUT2D eigenvalue weighted by molar-refractivity contribution is -0.138. The van der Waals surface area contributed by atoms with Gasteiger partial charge in [0.25, 0.3) is 0 Å². The molecule has 0 radical (unpaired) electrons. The van der Waals surface area contributed by atoms with Crippen molar-refractivity contribution < 1.29 is 14.7 Å². The maximum atomic E-state index is 11.7. The molecule has 0 aliphatic rings. The molecule has 0 fully saturated rings. The fourth-order valence-corrected chi connectivity index (χ4v) is 2.52. The van der Waals surface area contributed by atoms with Crippen LogP contribution in [0.25, 0.3) is 23.1 Å². The highest BCUT2D eigenvalue weighted by Gasteiger charge is 2.05. The van der Waals surface area contributed by atoms with E-state index in [1.54, 1.807) is 6.07 Å². The van der Waals surface area contributed by atoms with E-state index in [4.69, 9.17) is 5.11 Å². The Morgan fingerprint density at radius 3 is 2.65 bits per heavy atom. The van der Waals surface area contributed by atoms with Gasteiger partial charge in [0.1, 0.15) is 0 Å². The number of pyridine rings is 1. The quantitative estimate of drug-likeness (QED) is 0.701. The van der Waals surface area contributed by atoms with Gasteiger partial charge in [-0.3, -0.25) is 9.59 Å². The molecular formula is C21H18N2O3. The summed E-state index contributed by atoms with van der Waals surface area (Å²) in [5, 5.41) is 12.4. The van der Waals surface area contributed by atoms with Crippen LogP contribution in [0.1, 0.15) is 24.1 Å². The lowest BCUT2D eigenvalue weighted by atomic mass is 10.1. The van der Waals surface area contributed by atoms with E-state index in [2.05, 4.69) is 10.3 Å². The van der Waals surface area contributed by atoms with Gasteiger partial charge in [0.05, 0.1) is 17.6 Å². The Morgan fingerprint density at radius 2 is 1.81 bits per heavy atom. The van der Waals surface area contributed by atoms with E-state index in [0.717, 1.165) is 22.2 Å². The molecule has 130 valence electrons. The van der Waals surface area contributed by atoms with Crippen molar-refractivity contribution in [2.45, 2.75) is 12.8 Å². The van der Waals surface area contributed by atoms with Crippen molar-refractivity contribution in [1.82, 2.24) is 4.98 Å². The highest BCUT2D eigenvalue weighted by Crippen LogP contribution is 2.16. The number of carboxylic acids is 1. The Morgan fingerprint density at radius 1 is 0.962 bits per heavy atom. The molecule has 1 aromatic heterocycles. The van der Waals surface area contributed by atoms with Crippen LogP contribution in [-0.4, -0.2) is 22.0 Å². The molecule has 0 aliphatic heterocycles. The van der Waals surface area contributed by atoms with Gasteiger partial charge in [0.2, 0.25) is 5.91 Å².